The Morgan fingerprint density at radius 3 is 2.84 bits per heavy atom. The molecule has 1 aromatic carbocycles. The number of nitrogens with zero attached hydrogens (tertiary/aromatic N) is 2. The summed E-state index contributed by atoms with van der Waals surface area (Å²) in [6.45, 7) is 0. The van der Waals surface area contributed by atoms with Crippen molar-refractivity contribution in [1.29, 1.82) is 0 Å². The average Bonchev–Trinajstić information content (AvgIpc) is 2.44. The van der Waals surface area contributed by atoms with E-state index in [1.54, 1.807) is 13.3 Å². The molecule has 6 nitrogen and oxygen atoms in total. The molecule has 7 heteroatoms. The van der Waals surface area contributed by atoms with Gasteiger partial charge in [0.05, 0.1) is 25.2 Å². The van der Waals surface area contributed by atoms with Crippen LogP contribution in [0.5, 0.6) is 5.75 Å². The molecule has 0 saturated heterocycles. The van der Waals surface area contributed by atoms with E-state index in [9.17, 15) is 4.79 Å². The highest BCUT2D eigenvalue weighted by Gasteiger charge is 2.02. The summed E-state index contributed by atoms with van der Waals surface area (Å²) in [5, 5.41) is 10.0. The van der Waals surface area contributed by atoms with Crippen LogP contribution < -0.4 is 15.7 Å². The highest BCUT2D eigenvalue weighted by Crippen LogP contribution is 2.15. The molecule has 0 spiro atoms. The first-order chi connectivity index (χ1) is 9.20. The Labute approximate surface area is 117 Å². The molecule has 1 aromatic heterocycles. The van der Waals surface area contributed by atoms with Gasteiger partial charge in [-0.2, -0.15) is 10.2 Å². The van der Waals surface area contributed by atoms with Crippen molar-refractivity contribution in [2.75, 3.05) is 12.5 Å². The number of nitrogens with one attached hydrogen (secondary N) is 2. The van der Waals surface area contributed by atoms with Crippen molar-refractivity contribution in [1.82, 2.24) is 10.2 Å². The van der Waals surface area contributed by atoms with Gasteiger partial charge in [-0.3, -0.25) is 10.2 Å². The number of benzene rings is 1. The average molecular weight is 323 g/mol. The molecule has 0 atom stereocenters. The van der Waals surface area contributed by atoms with E-state index >= 15 is 0 Å². The van der Waals surface area contributed by atoms with Gasteiger partial charge in [0, 0.05) is 0 Å². The zero-order valence-corrected chi connectivity index (χ0v) is 11.6. The van der Waals surface area contributed by atoms with Gasteiger partial charge in [-0.05, 0) is 45.8 Å². The maximum Gasteiger partial charge on any atom is 0.280 e. The molecule has 0 unspecified atom stereocenters. The number of methoxy groups -OCH3 is 1. The second-order valence-electron chi connectivity index (χ2n) is 3.57. The summed E-state index contributed by atoms with van der Waals surface area (Å²) >= 11 is 3.15. The predicted molar refractivity (Wildman–Crippen MR) is 76.8 cm³/mol. The van der Waals surface area contributed by atoms with E-state index < -0.39 is 0 Å². The van der Waals surface area contributed by atoms with Gasteiger partial charge in [0.2, 0.25) is 0 Å². The highest BCUT2D eigenvalue weighted by atomic mass is 79.9. The van der Waals surface area contributed by atoms with Crippen LogP contribution in [0.15, 0.2) is 44.8 Å². The van der Waals surface area contributed by atoms with Gasteiger partial charge < -0.3 is 4.74 Å². The van der Waals surface area contributed by atoms with Crippen molar-refractivity contribution in [3.8, 4) is 5.75 Å². The molecule has 0 bridgehead atoms. The standard InChI is InChI=1S/C12H11BrN4O2/c1-19-9-4-2-8(3-5-9)6-14-16-10-7-15-17-12(18)11(10)13/h2-7H,1H3,(H2,16,17,18)/b14-6+. The first kappa shape index (κ1) is 13.3. The molecule has 0 saturated carbocycles. The normalized spacial score (nSPS) is 10.6. The summed E-state index contributed by atoms with van der Waals surface area (Å²) in [6.07, 6.45) is 3.10. The van der Waals surface area contributed by atoms with Gasteiger partial charge in [-0.1, -0.05) is 0 Å². The number of H-pyrrole nitrogens is 1. The van der Waals surface area contributed by atoms with Gasteiger partial charge in [0.15, 0.2) is 0 Å². The molecular formula is C12H11BrN4O2. The van der Waals surface area contributed by atoms with E-state index in [1.807, 2.05) is 24.3 Å². The van der Waals surface area contributed by atoms with Crippen molar-refractivity contribution in [2.45, 2.75) is 0 Å². The van der Waals surface area contributed by atoms with Gasteiger partial charge in [-0.15, -0.1) is 0 Å². The van der Waals surface area contributed by atoms with Gasteiger partial charge in [0.1, 0.15) is 10.2 Å². The van der Waals surface area contributed by atoms with E-state index in [-0.39, 0.29) is 5.56 Å². The molecule has 0 amide bonds. The number of ether oxygens (including phenoxy) is 1. The Kier molecular flexibility index (Phi) is 4.30. The molecule has 0 fully saturated rings. The van der Waals surface area contributed by atoms with Crippen LogP contribution in [0.1, 0.15) is 5.56 Å². The van der Waals surface area contributed by atoms with Crippen molar-refractivity contribution >= 4 is 27.8 Å². The Bertz CT molecular complexity index is 637. The van der Waals surface area contributed by atoms with Crippen LogP contribution >= 0.6 is 15.9 Å². The lowest BCUT2D eigenvalue weighted by Crippen LogP contribution is -2.10. The summed E-state index contributed by atoms with van der Waals surface area (Å²) in [6, 6.07) is 7.42. The maximum atomic E-state index is 11.3. The predicted octanol–water partition coefficient (Wildman–Crippen LogP) is 1.99. The minimum atomic E-state index is -0.315. The Morgan fingerprint density at radius 2 is 2.16 bits per heavy atom. The Morgan fingerprint density at radius 1 is 1.42 bits per heavy atom. The van der Waals surface area contributed by atoms with Gasteiger partial charge in [-0.25, -0.2) is 5.10 Å². The molecular weight excluding hydrogens is 312 g/mol. The lowest BCUT2D eigenvalue weighted by molar-refractivity contribution is 0.415. The SMILES string of the molecule is COc1ccc(/C=N/Nc2cn[nH]c(=O)c2Br)cc1. The van der Waals surface area contributed by atoms with E-state index in [0.29, 0.717) is 10.2 Å². The number of aromatic nitrogens is 2. The smallest absolute Gasteiger partial charge is 0.280 e. The largest absolute Gasteiger partial charge is 0.497 e. The maximum absolute atomic E-state index is 11.3. The van der Waals surface area contributed by atoms with Crippen LogP contribution in [0.3, 0.4) is 0 Å². The topological polar surface area (TPSA) is 79.4 Å². The number of rotatable bonds is 4. The molecule has 1 heterocycles. The van der Waals surface area contributed by atoms with E-state index in [0.717, 1.165) is 11.3 Å². The molecule has 2 aromatic rings. The second-order valence-corrected chi connectivity index (χ2v) is 4.36. The summed E-state index contributed by atoms with van der Waals surface area (Å²) < 4.78 is 5.41. The van der Waals surface area contributed by atoms with E-state index in [2.05, 4.69) is 36.7 Å². The number of hydrogen-bond donors (Lipinski definition) is 2. The molecule has 0 radical (unpaired) electrons. The van der Waals surface area contributed by atoms with Gasteiger partial charge in [0.25, 0.3) is 5.56 Å². The molecule has 0 aliphatic heterocycles. The molecule has 98 valence electrons. The molecule has 2 N–H and O–H groups in total. The van der Waals surface area contributed by atoms with Crippen LogP contribution in [0.25, 0.3) is 0 Å². The summed E-state index contributed by atoms with van der Waals surface area (Å²) in [7, 11) is 1.61. The number of hydrogen-bond acceptors (Lipinski definition) is 5. The molecule has 19 heavy (non-hydrogen) atoms. The third-order valence-corrected chi connectivity index (χ3v) is 3.10. The summed E-state index contributed by atoms with van der Waals surface area (Å²) in [5.41, 5.74) is 3.82. The lowest BCUT2D eigenvalue weighted by Gasteiger charge is -2.01. The third kappa shape index (κ3) is 3.41. The van der Waals surface area contributed by atoms with Crippen LogP contribution in [0, 0.1) is 0 Å². The molecule has 0 aliphatic carbocycles. The van der Waals surface area contributed by atoms with Crippen LogP contribution in [0.4, 0.5) is 5.69 Å². The summed E-state index contributed by atoms with van der Waals surface area (Å²) in [4.78, 5) is 11.3. The quantitative estimate of drug-likeness (QED) is 0.666. The van der Waals surface area contributed by atoms with Crippen molar-refractivity contribution < 1.29 is 4.74 Å². The zero-order chi connectivity index (χ0) is 13.7. The first-order valence-corrected chi connectivity index (χ1v) is 6.16. The second kappa shape index (κ2) is 6.14. The first-order valence-electron chi connectivity index (χ1n) is 5.37. The lowest BCUT2D eigenvalue weighted by atomic mass is 10.2. The fourth-order valence-corrected chi connectivity index (χ4v) is 1.61. The number of aromatic amines is 1. The number of hydrazone groups is 1. The van der Waals surface area contributed by atoms with Crippen LogP contribution in [-0.2, 0) is 0 Å². The van der Waals surface area contributed by atoms with Crippen LogP contribution in [0.2, 0.25) is 0 Å². The minimum Gasteiger partial charge on any atom is -0.497 e. The molecule has 0 aliphatic rings. The fourth-order valence-electron chi connectivity index (χ4n) is 1.33. The zero-order valence-electron chi connectivity index (χ0n) is 10.1. The third-order valence-electron chi connectivity index (χ3n) is 2.31. The van der Waals surface area contributed by atoms with Crippen molar-refractivity contribution in [3.05, 3.63) is 50.9 Å². The molecule has 2 rings (SSSR count). The van der Waals surface area contributed by atoms with E-state index in [1.165, 1.54) is 6.20 Å². The number of halogens is 1. The summed E-state index contributed by atoms with van der Waals surface area (Å²) in [5.74, 6) is 0.784. The van der Waals surface area contributed by atoms with E-state index in [4.69, 9.17) is 4.74 Å². The van der Waals surface area contributed by atoms with Crippen molar-refractivity contribution in [3.63, 3.8) is 0 Å². The Balaban J connectivity index is 2.07. The fraction of sp³-hybridized carbons (Fsp3) is 0.0833. The Hall–Kier alpha value is -2.15. The van der Waals surface area contributed by atoms with Crippen LogP contribution in [-0.4, -0.2) is 23.5 Å². The van der Waals surface area contributed by atoms with Gasteiger partial charge >= 0.3 is 0 Å². The highest BCUT2D eigenvalue weighted by molar-refractivity contribution is 9.10. The monoisotopic (exact) mass is 322 g/mol. The minimum absolute atomic E-state index is 0.315. The van der Waals surface area contributed by atoms with Crippen molar-refractivity contribution in [2.24, 2.45) is 5.10 Å². The number of anilines is 1.